The summed E-state index contributed by atoms with van der Waals surface area (Å²) in [7, 11) is 0. The highest BCUT2D eigenvalue weighted by Gasteiger charge is 2.49. The number of halogens is 3. The average Bonchev–Trinajstić information content (AvgIpc) is 3.07. The first-order valence-electron chi connectivity index (χ1n) is 10.1. The third-order valence-electron chi connectivity index (χ3n) is 6.24. The van der Waals surface area contributed by atoms with Crippen molar-refractivity contribution in [2.75, 3.05) is 24.5 Å². The highest BCUT2D eigenvalue weighted by Crippen LogP contribution is 2.45. The summed E-state index contributed by atoms with van der Waals surface area (Å²) in [5.41, 5.74) is 4.37. The van der Waals surface area contributed by atoms with E-state index in [1.54, 1.807) is 11.0 Å². The lowest BCUT2D eigenvalue weighted by Crippen LogP contribution is -2.44. The molecule has 1 spiro atoms. The number of amides is 2. The van der Waals surface area contributed by atoms with E-state index in [4.69, 9.17) is 11.0 Å². The lowest BCUT2D eigenvalue weighted by atomic mass is 9.76. The van der Waals surface area contributed by atoms with Gasteiger partial charge in [-0.15, -0.1) is 0 Å². The molecule has 1 atom stereocenters. The van der Waals surface area contributed by atoms with Crippen LogP contribution in [-0.4, -0.2) is 42.4 Å². The molecule has 1 unspecified atom stereocenters. The Morgan fingerprint density at radius 2 is 1.97 bits per heavy atom. The van der Waals surface area contributed by atoms with E-state index in [0.717, 1.165) is 6.07 Å². The number of carbonyl (C=O) groups is 2. The molecular formula is C21H25F3N4O2. The minimum atomic E-state index is -4.60. The molecule has 2 N–H and O–H groups in total. The molecule has 0 saturated carbocycles. The van der Waals surface area contributed by atoms with Crippen LogP contribution in [0.25, 0.3) is 0 Å². The van der Waals surface area contributed by atoms with Crippen molar-refractivity contribution in [3.05, 3.63) is 29.3 Å². The SMILES string of the molecule is CCCC(=O)N1CC2(CCN(c3ccc(C#N)c(C(F)(F)F)c3)CC2)CC1C(N)=O. The quantitative estimate of drug-likeness (QED) is 0.808. The van der Waals surface area contributed by atoms with E-state index in [1.807, 2.05) is 11.8 Å². The summed E-state index contributed by atoms with van der Waals surface area (Å²) in [4.78, 5) is 27.8. The average molecular weight is 422 g/mol. The summed E-state index contributed by atoms with van der Waals surface area (Å²) < 4.78 is 39.8. The molecule has 2 amide bonds. The summed E-state index contributed by atoms with van der Waals surface area (Å²) in [6, 6.07) is 4.73. The van der Waals surface area contributed by atoms with Crippen LogP contribution in [0.15, 0.2) is 18.2 Å². The summed E-state index contributed by atoms with van der Waals surface area (Å²) in [6.45, 7) is 3.36. The van der Waals surface area contributed by atoms with E-state index in [2.05, 4.69) is 0 Å². The second kappa shape index (κ2) is 8.17. The molecule has 3 rings (SSSR count). The van der Waals surface area contributed by atoms with Gasteiger partial charge in [-0.1, -0.05) is 6.92 Å². The fraction of sp³-hybridized carbons (Fsp3) is 0.571. The number of piperidine rings is 1. The van der Waals surface area contributed by atoms with Crippen molar-refractivity contribution in [3.63, 3.8) is 0 Å². The van der Waals surface area contributed by atoms with E-state index in [0.29, 0.717) is 57.4 Å². The number of rotatable bonds is 4. The number of nitrogens with two attached hydrogens (primary N) is 1. The van der Waals surface area contributed by atoms with Crippen molar-refractivity contribution in [2.45, 2.75) is 51.2 Å². The lowest BCUT2D eigenvalue weighted by molar-refractivity contribution is -0.137. The van der Waals surface area contributed by atoms with Gasteiger partial charge in [-0.2, -0.15) is 18.4 Å². The predicted octanol–water partition coefficient (Wildman–Crippen LogP) is 3.05. The van der Waals surface area contributed by atoms with Crippen molar-refractivity contribution in [1.82, 2.24) is 4.90 Å². The van der Waals surface area contributed by atoms with E-state index >= 15 is 0 Å². The molecule has 1 aromatic rings. The van der Waals surface area contributed by atoms with Crippen LogP contribution < -0.4 is 10.6 Å². The molecule has 162 valence electrons. The maximum absolute atomic E-state index is 13.3. The van der Waals surface area contributed by atoms with Crippen LogP contribution in [0.1, 0.15) is 50.2 Å². The number of alkyl halides is 3. The predicted molar refractivity (Wildman–Crippen MR) is 104 cm³/mol. The number of benzene rings is 1. The van der Waals surface area contributed by atoms with Gasteiger partial charge in [-0.05, 0) is 49.3 Å². The number of anilines is 1. The molecule has 0 aromatic heterocycles. The van der Waals surface area contributed by atoms with Gasteiger partial charge in [-0.25, -0.2) is 0 Å². The minimum absolute atomic E-state index is 0.0810. The summed E-state index contributed by atoms with van der Waals surface area (Å²) in [5, 5.41) is 8.97. The van der Waals surface area contributed by atoms with Crippen LogP contribution in [0.5, 0.6) is 0 Å². The minimum Gasteiger partial charge on any atom is -0.371 e. The first kappa shape index (κ1) is 21.9. The largest absolute Gasteiger partial charge is 0.417 e. The zero-order valence-electron chi connectivity index (χ0n) is 16.8. The van der Waals surface area contributed by atoms with Crippen LogP contribution in [0.2, 0.25) is 0 Å². The molecule has 0 aliphatic carbocycles. The standard InChI is InChI=1S/C21H25F3N4O2/c1-2-3-18(29)28-13-20(11-17(28)19(26)30)6-8-27(9-7-20)15-5-4-14(12-25)16(10-15)21(22,23)24/h4-5,10,17H,2-3,6-9,11,13H2,1H3,(H2,26,30). The molecule has 2 aliphatic heterocycles. The lowest BCUT2D eigenvalue weighted by Gasteiger charge is -2.40. The molecular weight excluding hydrogens is 397 g/mol. The molecule has 9 heteroatoms. The Labute approximate surface area is 173 Å². The van der Waals surface area contributed by atoms with E-state index in [9.17, 15) is 22.8 Å². The van der Waals surface area contributed by atoms with Gasteiger partial charge in [0.2, 0.25) is 11.8 Å². The number of likely N-dealkylation sites (tertiary alicyclic amines) is 1. The normalized spacial score (nSPS) is 21.0. The molecule has 6 nitrogen and oxygen atoms in total. The number of carbonyl (C=O) groups excluding carboxylic acids is 2. The summed E-state index contributed by atoms with van der Waals surface area (Å²) >= 11 is 0. The number of primary amides is 1. The fourth-order valence-electron chi connectivity index (χ4n) is 4.59. The first-order chi connectivity index (χ1) is 14.1. The Bertz CT molecular complexity index is 870. The van der Waals surface area contributed by atoms with Gasteiger partial charge in [-0.3, -0.25) is 9.59 Å². The maximum Gasteiger partial charge on any atom is 0.417 e. The van der Waals surface area contributed by atoms with Gasteiger partial charge in [0.15, 0.2) is 0 Å². The second-order valence-corrected chi connectivity index (χ2v) is 8.22. The highest BCUT2D eigenvalue weighted by atomic mass is 19.4. The Hall–Kier alpha value is -2.76. The molecule has 2 heterocycles. The zero-order valence-corrected chi connectivity index (χ0v) is 16.8. The van der Waals surface area contributed by atoms with Crippen LogP contribution in [0, 0.1) is 16.7 Å². The summed E-state index contributed by atoms with van der Waals surface area (Å²) in [5.74, 6) is -0.594. The molecule has 1 aromatic carbocycles. The molecule has 30 heavy (non-hydrogen) atoms. The number of nitrogens with zero attached hydrogens (tertiary/aromatic N) is 3. The van der Waals surface area contributed by atoms with Crippen LogP contribution >= 0.6 is 0 Å². The Morgan fingerprint density at radius 3 is 2.50 bits per heavy atom. The smallest absolute Gasteiger partial charge is 0.371 e. The number of hydrogen-bond acceptors (Lipinski definition) is 4. The Balaban J connectivity index is 1.75. The molecule has 0 bridgehead atoms. The topological polar surface area (TPSA) is 90.4 Å². The van der Waals surface area contributed by atoms with Crippen molar-refractivity contribution in [2.24, 2.45) is 11.1 Å². The van der Waals surface area contributed by atoms with E-state index in [1.165, 1.54) is 12.1 Å². The Kier molecular flexibility index (Phi) is 5.97. The van der Waals surface area contributed by atoms with Crippen molar-refractivity contribution in [1.29, 1.82) is 5.26 Å². The van der Waals surface area contributed by atoms with Gasteiger partial charge in [0, 0.05) is 31.7 Å². The highest BCUT2D eigenvalue weighted by molar-refractivity contribution is 5.87. The molecule has 0 radical (unpaired) electrons. The third kappa shape index (κ3) is 4.23. The van der Waals surface area contributed by atoms with Gasteiger partial charge in [0.1, 0.15) is 6.04 Å². The van der Waals surface area contributed by atoms with Crippen molar-refractivity contribution < 1.29 is 22.8 Å². The third-order valence-corrected chi connectivity index (χ3v) is 6.24. The van der Waals surface area contributed by atoms with Gasteiger partial charge in [0.25, 0.3) is 0 Å². The van der Waals surface area contributed by atoms with E-state index in [-0.39, 0.29) is 11.3 Å². The van der Waals surface area contributed by atoms with Crippen molar-refractivity contribution >= 4 is 17.5 Å². The van der Waals surface area contributed by atoms with Crippen LogP contribution in [-0.2, 0) is 15.8 Å². The van der Waals surface area contributed by atoms with Gasteiger partial charge in [0.05, 0.1) is 17.2 Å². The molecule has 2 saturated heterocycles. The number of hydrogen-bond donors (Lipinski definition) is 1. The zero-order chi connectivity index (χ0) is 22.1. The Morgan fingerprint density at radius 1 is 1.30 bits per heavy atom. The monoisotopic (exact) mass is 422 g/mol. The van der Waals surface area contributed by atoms with Crippen LogP contribution in [0.3, 0.4) is 0 Å². The second-order valence-electron chi connectivity index (χ2n) is 8.22. The van der Waals surface area contributed by atoms with E-state index < -0.39 is 29.3 Å². The molecule has 2 aliphatic rings. The van der Waals surface area contributed by atoms with Crippen LogP contribution in [0.4, 0.5) is 18.9 Å². The first-order valence-corrected chi connectivity index (χ1v) is 10.1. The fourth-order valence-corrected chi connectivity index (χ4v) is 4.59. The van der Waals surface area contributed by atoms with Gasteiger partial charge >= 0.3 is 6.18 Å². The number of nitriles is 1. The summed E-state index contributed by atoms with van der Waals surface area (Å²) in [6.07, 6.45) is -1.77. The van der Waals surface area contributed by atoms with Crippen molar-refractivity contribution in [3.8, 4) is 6.07 Å². The molecule has 2 fully saturated rings. The van der Waals surface area contributed by atoms with Gasteiger partial charge < -0.3 is 15.5 Å². The maximum atomic E-state index is 13.3.